The molecule has 0 saturated heterocycles. The molecule has 2 aromatic carbocycles. The van der Waals surface area contributed by atoms with Crippen LogP contribution in [-0.2, 0) is 10.5 Å². The molecule has 1 unspecified atom stereocenters. The van der Waals surface area contributed by atoms with Gasteiger partial charge in [-0.05, 0) is 24.3 Å². The van der Waals surface area contributed by atoms with Crippen molar-refractivity contribution in [3.63, 3.8) is 0 Å². The number of benzene rings is 2. The van der Waals surface area contributed by atoms with Crippen molar-refractivity contribution in [2.45, 2.75) is 5.72 Å². The standard InChI is InChI=1S/C15H12ClNO2/c1-19-15(10-6-8-11(16)9-7-10)14(18)12-4-2-3-5-13(12)17-15/h2-9,17H,1H3. The molecule has 0 radical (unpaired) electrons. The SMILES string of the molecule is COC1(c2ccc(Cl)cc2)Nc2ccccc2C1=O. The van der Waals surface area contributed by atoms with E-state index in [0.717, 1.165) is 11.3 Å². The number of hydrogen-bond donors (Lipinski definition) is 1. The maximum Gasteiger partial charge on any atom is 0.230 e. The summed E-state index contributed by atoms with van der Waals surface area (Å²) in [6.07, 6.45) is 0. The number of hydrogen-bond acceptors (Lipinski definition) is 3. The lowest BCUT2D eigenvalue weighted by Crippen LogP contribution is -2.40. The average Bonchev–Trinajstić information content (AvgIpc) is 2.74. The first-order valence-corrected chi connectivity index (χ1v) is 6.28. The summed E-state index contributed by atoms with van der Waals surface area (Å²) in [4.78, 5) is 12.6. The van der Waals surface area contributed by atoms with E-state index in [-0.39, 0.29) is 5.78 Å². The van der Waals surface area contributed by atoms with Crippen molar-refractivity contribution in [2.24, 2.45) is 0 Å². The second-order valence-electron chi connectivity index (χ2n) is 4.39. The van der Waals surface area contributed by atoms with Crippen LogP contribution in [0.5, 0.6) is 0 Å². The minimum Gasteiger partial charge on any atom is -0.348 e. The van der Waals surface area contributed by atoms with Gasteiger partial charge in [0.15, 0.2) is 0 Å². The highest BCUT2D eigenvalue weighted by Crippen LogP contribution is 2.39. The molecule has 2 aromatic rings. The monoisotopic (exact) mass is 273 g/mol. The summed E-state index contributed by atoms with van der Waals surface area (Å²) in [6.45, 7) is 0. The molecular weight excluding hydrogens is 262 g/mol. The molecule has 0 fully saturated rings. The second kappa shape index (κ2) is 4.37. The van der Waals surface area contributed by atoms with Crippen molar-refractivity contribution < 1.29 is 9.53 Å². The third-order valence-corrected chi connectivity index (χ3v) is 3.61. The number of ether oxygens (including phenoxy) is 1. The molecule has 0 aliphatic carbocycles. The number of halogens is 1. The molecule has 3 nitrogen and oxygen atoms in total. The Morgan fingerprint density at radius 3 is 2.42 bits per heavy atom. The Morgan fingerprint density at radius 1 is 1.11 bits per heavy atom. The zero-order valence-electron chi connectivity index (χ0n) is 10.3. The number of methoxy groups -OCH3 is 1. The number of carbonyl (C=O) groups is 1. The highest BCUT2D eigenvalue weighted by Gasteiger charge is 2.47. The van der Waals surface area contributed by atoms with E-state index in [4.69, 9.17) is 16.3 Å². The van der Waals surface area contributed by atoms with Crippen LogP contribution in [0.25, 0.3) is 0 Å². The average molecular weight is 274 g/mol. The molecule has 0 saturated carbocycles. The molecule has 3 rings (SSSR count). The zero-order valence-corrected chi connectivity index (χ0v) is 11.1. The fourth-order valence-electron chi connectivity index (χ4n) is 2.38. The molecule has 1 N–H and O–H groups in total. The van der Waals surface area contributed by atoms with E-state index in [1.54, 1.807) is 30.3 Å². The fourth-order valence-corrected chi connectivity index (χ4v) is 2.50. The predicted octanol–water partition coefficient (Wildman–Crippen LogP) is 3.45. The normalized spacial score (nSPS) is 21.1. The maximum absolute atomic E-state index is 12.6. The van der Waals surface area contributed by atoms with Crippen molar-refractivity contribution in [1.29, 1.82) is 0 Å². The summed E-state index contributed by atoms with van der Waals surface area (Å²) in [6, 6.07) is 14.5. The molecule has 0 spiro atoms. The number of Topliss-reactive ketones (excluding diaryl/α,β-unsaturated/α-hetero) is 1. The molecule has 96 valence electrons. The molecule has 0 amide bonds. The fraction of sp³-hybridized carbons (Fsp3) is 0.133. The third kappa shape index (κ3) is 1.74. The largest absolute Gasteiger partial charge is 0.348 e. The summed E-state index contributed by atoms with van der Waals surface area (Å²) in [5.74, 6) is -0.0899. The van der Waals surface area contributed by atoms with E-state index in [9.17, 15) is 4.79 Å². The molecular formula is C15H12ClNO2. The van der Waals surface area contributed by atoms with Crippen LogP contribution in [0.3, 0.4) is 0 Å². The van der Waals surface area contributed by atoms with Gasteiger partial charge < -0.3 is 10.1 Å². The number of nitrogens with one attached hydrogen (secondary N) is 1. The summed E-state index contributed by atoms with van der Waals surface area (Å²) >= 11 is 5.89. The molecule has 1 aliphatic heterocycles. The first-order valence-electron chi connectivity index (χ1n) is 5.90. The Balaban J connectivity index is 2.12. The van der Waals surface area contributed by atoms with E-state index in [2.05, 4.69) is 5.32 Å². The molecule has 0 bridgehead atoms. The number of para-hydroxylation sites is 1. The van der Waals surface area contributed by atoms with Gasteiger partial charge in [-0.3, -0.25) is 4.79 Å². The van der Waals surface area contributed by atoms with Crippen molar-refractivity contribution in [3.8, 4) is 0 Å². The first-order chi connectivity index (χ1) is 9.17. The molecule has 4 heteroatoms. The topological polar surface area (TPSA) is 38.3 Å². The van der Waals surface area contributed by atoms with Gasteiger partial charge in [-0.25, -0.2) is 0 Å². The van der Waals surface area contributed by atoms with Gasteiger partial charge in [0.25, 0.3) is 0 Å². The predicted molar refractivity (Wildman–Crippen MR) is 74.5 cm³/mol. The second-order valence-corrected chi connectivity index (χ2v) is 4.83. The molecule has 1 aliphatic rings. The lowest BCUT2D eigenvalue weighted by atomic mass is 9.97. The van der Waals surface area contributed by atoms with E-state index >= 15 is 0 Å². The zero-order chi connectivity index (χ0) is 13.5. The molecule has 0 aromatic heterocycles. The van der Waals surface area contributed by atoms with E-state index in [1.807, 2.05) is 18.2 Å². The number of anilines is 1. The van der Waals surface area contributed by atoms with E-state index in [1.165, 1.54) is 7.11 Å². The first kappa shape index (κ1) is 12.2. The van der Waals surface area contributed by atoms with Crippen LogP contribution in [0.15, 0.2) is 48.5 Å². The van der Waals surface area contributed by atoms with Gasteiger partial charge in [-0.1, -0.05) is 35.9 Å². The number of fused-ring (bicyclic) bond motifs is 1. The van der Waals surface area contributed by atoms with Crippen molar-refractivity contribution in [2.75, 3.05) is 12.4 Å². The lowest BCUT2D eigenvalue weighted by Gasteiger charge is -2.27. The Hall–Kier alpha value is -1.84. The molecule has 19 heavy (non-hydrogen) atoms. The number of carbonyl (C=O) groups excluding carboxylic acids is 1. The number of rotatable bonds is 2. The Morgan fingerprint density at radius 2 is 1.79 bits per heavy atom. The lowest BCUT2D eigenvalue weighted by molar-refractivity contribution is 0.0194. The molecule has 1 heterocycles. The smallest absolute Gasteiger partial charge is 0.230 e. The van der Waals surface area contributed by atoms with Crippen LogP contribution in [0.1, 0.15) is 15.9 Å². The van der Waals surface area contributed by atoms with Crippen LogP contribution in [0.4, 0.5) is 5.69 Å². The number of ketones is 1. The Bertz CT molecular complexity index is 639. The van der Waals surface area contributed by atoms with Gasteiger partial charge in [0.05, 0.1) is 0 Å². The van der Waals surface area contributed by atoms with E-state index in [0.29, 0.717) is 10.6 Å². The third-order valence-electron chi connectivity index (χ3n) is 3.36. The van der Waals surface area contributed by atoms with Gasteiger partial charge in [0.1, 0.15) is 0 Å². The summed E-state index contributed by atoms with van der Waals surface area (Å²) < 4.78 is 5.52. The van der Waals surface area contributed by atoms with E-state index < -0.39 is 5.72 Å². The van der Waals surface area contributed by atoms with Crippen LogP contribution in [0, 0.1) is 0 Å². The highest BCUT2D eigenvalue weighted by molar-refractivity contribution is 6.30. The Labute approximate surface area is 116 Å². The quantitative estimate of drug-likeness (QED) is 0.911. The van der Waals surface area contributed by atoms with Crippen LogP contribution in [-0.4, -0.2) is 12.9 Å². The maximum atomic E-state index is 12.6. The summed E-state index contributed by atoms with van der Waals surface area (Å²) in [7, 11) is 1.52. The van der Waals surface area contributed by atoms with Crippen LogP contribution in [0.2, 0.25) is 5.02 Å². The molecule has 1 atom stereocenters. The highest BCUT2D eigenvalue weighted by atomic mass is 35.5. The van der Waals surface area contributed by atoms with Gasteiger partial charge in [0, 0.05) is 28.9 Å². The van der Waals surface area contributed by atoms with Gasteiger partial charge >= 0.3 is 0 Å². The van der Waals surface area contributed by atoms with Crippen LogP contribution >= 0.6 is 11.6 Å². The van der Waals surface area contributed by atoms with Crippen LogP contribution < -0.4 is 5.32 Å². The summed E-state index contributed by atoms with van der Waals surface area (Å²) in [5.41, 5.74) is 0.998. The minimum atomic E-state index is -1.16. The van der Waals surface area contributed by atoms with Gasteiger partial charge in [-0.15, -0.1) is 0 Å². The van der Waals surface area contributed by atoms with Crippen molar-refractivity contribution in [1.82, 2.24) is 0 Å². The summed E-state index contributed by atoms with van der Waals surface area (Å²) in [5, 5.41) is 3.79. The van der Waals surface area contributed by atoms with Gasteiger partial charge in [-0.2, -0.15) is 0 Å². The Kier molecular flexibility index (Phi) is 2.81. The minimum absolute atomic E-state index is 0.0899. The van der Waals surface area contributed by atoms with Crippen molar-refractivity contribution in [3.05, 3.63) is 64.7 Å². The van der Waals surface area contributed by atoms with Gasteiger partial charge in [0.2, 0.25) is 11.5 Å². The van der Waals surface area contributed by atoms with Crippen molar-refractivity contribution >= 4 is 23.1 Å².